The molecule has 0 unspecified atom stereocenters. The Morgan fingerprint density at radius 2 is 1.93 bits per heavy atom. The van der Waals surface area contributed by atoms with Gasteiger partial charge in [-0.25, -0.2) is 9.97 Å². The van der Waals surface area contributed by atoms with Crippen LogP contribution in [-0.2, 0) is 4.79 Å². The Labute approximate surface area is 160 Å². The number of hydrogen-bond acceptors (Lipinski definition) is 7. The first kappa shape index (κ1) is 17.7. The first-order valence-corrected chi connectivity index (χ1v) is 8.84. The van der Waals surface area contributed by atoms with Crippen molar-refractivity contribution in [1.29, 1.82) is 0 Å². The third kappa shape index (κ3) is 3.18. The van der Waals surface area contributed by atoms with Gasteiger partial charge < -0.3 is 22.1 Å². The summed E-state index contributed by atoms with van der Waals surface area (Å²) in [5.41, 5.74) is 11.7. The van der Waals surface area contributed by atoms with Gasteiger partial charge >= 0.3 is 0 Å². The van der Waals surface area contributed by atoms with Gasteiger partial charge in [0.2, 0.25) is 5.91 Å². The largest absolute Gasteiger partial charge is 0.368 e. The Balaban J connectivity index is 1.67. The zero-order chi connectivity index (χ0) is 19.7. The van der Waals surface area contributed by atoms with Crippen LogP contribution in [0.2, 0.25) is 0 Å². The van der Waals surface area contributed by atoms with Gasteiger partial charge in [-0.2, -0.15) is 0 Å². The average molecular weight is 377 g/mol. The van der Waals surface area contributed by atoms with Gasteiger partial charge in [0, 0.05) is 17.3 Å². The highest BCUT2D eigenvalue weighted by atomic mass is 16.2. The number of benzene rings is 1. The number of amides is 2. The first-order valence-electron chi connectivity index (χ1n) is 8.84. The summed E-state index contributed by atoms with van der Waals surface area (Å²) in [6.07, 6.45) is 5.25. The molecule has 0 spiro atoms. The Hall–Kier alpha value is -3.75. The molecule has 9 nitrogen and oxygen atoms in total. The molecule has 142 valence electrons. The molecule has 0 saturated heterocycles. The Morgan fingerprint density at radius 1 is 1.11 bits per heavy atom. The fourth-order valence-electron chi connectivity index (χ4n) is 3.22. The number of nitrogens with two attached hydrogens (primary N) is 2. The SMILES string of the molecule is NC(=O)c1ncc(NC2(C(N)=O)CCC2)nc1Nc1ccc2ncccc2c1. The summed E-state index contributed by atoms with van der Waals surface area (Å²) in [4.78, 5) is 36.4. The van der Waals surface area contributed by atoms with E-state index >= 15 is 0 Å². The molecule has 6 N–H and O–H groups in total. The number of hydrogen-bond donors (Lipinski definition) is 4. The number of carbonyl (C=O) groups excluding carboxylic acids is 2. The molecule has 0 bridgehead atoms. The molecule has 3 aromatic rings. The van der Waals surface area contributed by atoms with Crippen molar-refractivity contribution in [1.82, 2.24) is 15.0 Å². The van der Waals surface area contributed by atoms with Gasteiger partial charge in [0.15, 0.2) is 11.5 Å². The summed E-state index contributed by atoms with van der Waals surface area (Å²) in [7, 11) is 0. The van der Waals surface area contributed by atoms with Crippen LogP contribution in [0.1, 0.15) is 29.8 Å². The fourth-order valence-corrected chi connectivity index (χ4v) is 3.22. The van der Waals surface area contributed by atoms with E-state index in [1.165, 1.54) is 6.20 Å². The number of fused-ring (bicyclic) bond motifs is 1. The maximum atomic E-state index is 11.8. The summed E-state index contributed by atoms with van der Waals surface area (Å²) in [5, 5.41) is 7.07. The minimum Gasteiger partial charge on any atom is -0.368 e. The van der Waals surface area contributed by atoms with Crippen molar-refractivity contribution in [3.8, 4) is 0 Å². The van der Waals surface area contributed by atoms with Crippen molar-refractivity contribution in [2.45, 2.75) is 24.8 Å². The van der Waals surface area contributed by atoms with E-state index in [2.05, 4.69) is 25.6 Å². The van der Waals surface area contributed by atoms with E-state index in [0.29, 0.717) is 24.3 Å². The highest BCUT2D eigenvalue weighted by Gasteiger charge is 2.43. The second-order valence-corrected chi connectivity index (χ2v) is 6.78. The predicted octanol–water partition coefficient (Wildman–Crippen LogP) is 1.69. The van der Waals surface area contributed by atoms with Crippen LogP contribution in [0.25, 0.3) is 10.9 Å². The minimum atomic E-state index is -0.825. The van der Waals surface area contributed by atoms with Gasteiger partial charge in [-0.15, -0.1) is 0 Å². The molecule has 1 aliphatic rings. The normalized spacial score (nSPS) is 14.9. The summed E-state index contributed by atoms with van der Waals surface area (Å²) in [5.74, 6) is -0.610. The lowest BCUT2D eigenvalue weighted by molar-refractivity contribution is -0.124. The predicted molar refractivity (Wildman–Crippen MR) is 105 cm³/mol. The lowest BCUT2D eigenvalue weighted by Crippen LogP contribution is -2.55. The Kier molecular flexibility index (Phi) is 4.26. The van der Waals surface area contributed by atoms with E-state index in [0.717, 1.165) is 17.3 Å². The monoisotopic (exact) mass is 377 g/mol. The van der Waals surface area contributed by atoms with E-state index in [1.807, 2.05) is 30.3 Å². The van der Waals surface area contributed by atoms with Gasteiger partial charge in [0.05, 0.1) is 11.7 Å². The highest BCUT2D eigenvalue weighted by molar-refractivity contribution is 5.97. The van der Waals surface area contributed by atoms with Crippen LogP contribution in [0.5, 0.6) is 0 Å². The number of anilines is 3. The topological polar surface area (TPSA) is 149 Å². The van der Waals surface area contributed by atoms with Crippen LogP contribution in [0.15, 0.2) is 42.7 Å². The molecule has 1 aliphatic carbocycles. The van der Waals surface area contributed by atoms with Crippen molar-refractivity contribution in [3.05, 3.63) is 48.4 Å². The van der Waals surface area contributed by atoms with Crippen LogP contribution in [0, 0.1) is 0 Å². The quantitative estimate of drug-likeness (QED) is 0.510. The van der Waals surface area contributed by atoms with Gasteiger partial charge in [-0.05, 0) is 43.5 Å². The lowest BCUT2D eigenvalue weighted by Gasteiger charge is -2.39. The van der Waals surface area contributed by atoms with Crippen molar-refractivity contribution >= 4 is 40.0 Å². The van der Waals surface area contributed by atoms with Gasteiger partial charge in [0.25, 0.3) is 5.91 Å². The zero-order valence-corrected chi connectivity index (χ0v) is 15.0. The standard InChI is InChI=1S/C19H19N7O2/c20-16(27)15-17(24-12-4-5-13-11(9-12)3-1-8-22-13)25-14(10-23-15)26-19(18(21)28)6-2-7-19/h1,3-5,8-10H,2,6-7H2,(H2,20,27)(H2,21,28)(H2,24,25,26). The Morgan fingerprint density at radius 3 is 2.61 bits per heavy atom. The van der Waals surface area contributed by atoms with E-state index in [-0.39, 0.29) is 11.5 Å². The molecule has 4 rings (SSSR count). The van der Waals surface area contributed by atoms with E-state index in [4.69, 9.17) is 11.5 Å². The molecule has 1 saturated carbocycles. The third-order valence-electron chi connectivity index (χ3n) is 4.92. The fraction of sp³-hybridized carbons (Fsp3) is 0.211. The molecule has 0 atom stereocenters. The number of nitrogens with one attached hydrogen (secondary N) is 2. The Bertz CT molecular complexity index is 1080. The number of aromatic nitrogens is 3. The summed E-state index contributed by atoms with van der Waals surface area (Å²) in [6, 6.07) is 9.32. The van der Waals surface area contributed by atoms with Crippen LogP contribution in [-0.4, -0.2) is 32.3 Å². The van der Waals surface area contributed by atoms with Crippen molar-refractivity contribution in [3.63, 3.8) is 0 Å². The molecular formula is C19H19N7O2. The number of pyridine rings is 1. The molecule has 9 heteroatoms. The van der Waals surface area contributed by atoms with Gasteiger partial charge in [-0.3, -0.25) is 14.6 Å². The molecule has 1 aromatic carbocycles. The third-order valence-corrected chi connectivity index (χ3v) is 4.92. The van der Waals surface area contributed by atoms with E-state index in [1.54, 1.807) is 6.20 Å². The number of carbonyl (C=O) groups is 2. The summed E-state index contributed by atoms with van der Waals surface area (Å²) >= 11 is 0. The summed E-state index contributed by atoms with van der Waals surface area (Å²) < 4.78 is 0. The van der Waals surface area contributed by atoms with Crippen molar-refractivity contribution in [2.75, 3.05) is 10.6 Å². The van der Waals surface area contributed by atoms with E-state index < -0.39 is 17.4 Å². The van der Waals surface area contributed by atoms with E-state index in [9.17, 15) is 9.59 Å². The summed E-state index contributed by atoms with van der Waals surface area (Å²) in [6.45, 7) is 0. The number of nitrogens with zero attached hydrogens (tertiary/aromatic N) is 3. The van der Waals surface area contributed by atoms with Gasteiger partial charge in [0.1, 0.15) is 11.4 Å². The molecule has 0 radical (unpaired) electrons. The number of rotatable bonds is 6. The first-order chi connectivity index (χ1) is 13.5. The smallest absolute Gasteiger partial charge is 0.271 e. The van der Waals surface area contributed by atoms with Crippen molar-refractivity contribution < 1.29 is 9.59 Å². The van der Waals surface area contributed by atoms with Crippen LogP contribution < -0.4 is 22.1 Å². The molecule has 28 heavy (non-hydrogen) atoms. The highest BCUT2D eigenvalue weighted by Crippen LogP contribution is 2.35. The second-order valence-electron chi connectivity index (χ2n) is 6.78. The maximum absolute atomic E-state index is 11.8. The molecule has 1 fully saturated rings. The van der Waals surface area contributed by atoms with Crippen LogP contribution in [0.4, 0.5) is 17.3 Å². The molecule has 2 amide bonds. The number of primary amides is 2. The average Bonchev–Trinajstić information content (AvgIpc) is 2.64. The minimum absolute atomic E-state index is 0.00133. The van der Waals surface area contributed by atoms with Crippen molar-refractivity contribution in [2.24, 2.45) is 11.5 Å². The molecule has 0 aliphatic heterocycles. The second kappa shape index (κ2) is 6.76. The molecule has 2 heterocycles. The zero-order valence-electron chi connectivity index (χ0n) is 15.0. The lowest BCUT2D eigenvalue weighted by atomic mass is 9.76. The van der Waals surface area contributed by atoms with Crippen LogP contribution in [0.3, 0.4) is 0 Å². The molecular weight excluding hydrogens is 358 g/mol. The molecule has 2 aromatic heterocycles. The van der Waals surface area contributed by atoms with Gasteiger partial charge in [-0.1, -0.05) is 6.07 Å². The van der Waals surface area contributed by atoms with Crippen LogP contribution >= 0.6 is 0 Å². The maximum Gasteiger partial charge on any atom is 0.271 e.